The van der Waals surface area contributed by atoms with Gasteiger partial charge in [0.2, 0.25) is 0 Å². The fourth-order valence-corrected chi connectivity index (χ4v) is 1.95. The molecule has 1 saturated carbocycles. The number of aromatic nitrogens is 1. The Hall–Kier alpha value is -0.410. The number of aliphatic hydroxyl groups excluding tert-OH is 1. The van der Waals surface area contributed by atoms with E-state index in [9.17, 15) is 5.11 Å². The van der Waals surface area contributed by atoms with Crippen molar-refractivity contribution < 1.29 is 5.11 Å². The van der Waals surface area contributed by atoms with Crippen LogP contribution in [0, 0.1) is 11.8 Å². The molecule has 1 aromatic rings. The van der Waals surface area contributed by atoms with Crippen molar-refractivity contribution in [2.45, 2.75) is 25.9 Å². The normalized spacial score (nSPS) is 27.4. The van der Waals surface area contributed by atoms with Gasteiger partial charge >= 0.3 is 0 Å². The summed E-state index contributed by atoms with van der Waals surface area (Å²) in [5, 5.41) is 9.86. The van der Waals surface area contributed by atoms with E-state index in [0.717, 1.165) is 22.5 Å². The summed E-state index contributed by atoms with van der Waals surface area (Å²) in [5.74, 6) is 1.50. The Morgan fingerprint density at radius 2 is 2.36 bits per heavy atom. The van der Waals surface area contributed by atoms with E-state index >= 15 is 0 Å². The van der Waals surface area contributed by atoms with Crippen molar-refractivity contribution in [2.24, 2.45) is 11.8 Å². The molecule has 0 spiro atoms. The highest BCUT2D eigenvalue weighted by Gasteiger charge is 2.34. The highest BCUT2D eigenvalue weighted by molar-refractivity contribution is 9.10. The van der Waals surface area contributed by atoms with Gasteiger partial charge in [-0.05, 0) is 52.7 Å². The minimum absolute atomic E-state index is 0.391. The first-order valence-electron chi connectivity index (χ1n) is 4.96. The predicted molar refractivity (Wildman–Crippen MR) is 58.8 cm³/mol. The Bertz CT molecular complexity index is 312. The maximum absolute atomic E-state index is 9.86. The Balaban J connectivity index is 1.96. The molecular weight excluding hydrogens is 242 g/mol. The lowest BCUT2D eigenvalue weighted by atomic mass is 10.1. The van der Waals surface area contributed by atoms with Gasteiger partial charge in [0.25, 0.3) is 0 Å². The van der Waals surface area contributed by atoms with Crippen LogP contribution in [0.3, 0.4) is 0 Å². The fourth-order valence-electron chi connectivity index (χ4n) is 1.72. The van der Waals surface area contributed by atoms with E-state index in [1.165, 1.54) is 6.42 Å². The van der Waals surface area contributed by atoms with Gasteiger partial charge in [-0.25, -0.2) is 0 Å². The molecule has 0 bridgehead atoms. The van der Waals surface area contributed by atoms with E-state index in [1.807, 2.05) is 12.1 Å². The van der Waals surface area contributed by atoms with Crippen molar-refractivity contribution in [3.8, 4) is 0 Å². The van der Waals surface area contributed by atoms with Crippen molar-refractivity contribution in [3.05, 3.63) is 28.5 Å². The second kappa shape index (κ2) is 3.99. The summed E-state index contributed by atoms with van der Waals surface area (Å²) in [7, 11) is 0. The van der Waals surface area contributed by atoms with Crippen molar-refractivity contribution in [3.63, 3.8) is 0 Å². The molecule has 1 aromatic heterocycles. The van der Waals surface area contributed by atoms with Crippen molar-refractivity contribution in [1.29, 1.82) is 0 Å². The third-order valence-corrected chi connectivity index (χ3v) is 3.36. The molecule has 1 N–H and O–H groups in total. The summed E-state index contributed by atoms with van der Waals surface area (Å²) >= 11 is 3.32. The molecule has 0 saturated heterocycles. The molecule has 1 aliphatic carbocycles. The van der Waals surface area contributed by atoms with Gasteiger partial charge in [0.1, 0.15) is 0 Å². The largest absolute Gasteiger partial charge is 0.387 e. The topological polar surface area (TPSA) is 33.1 Å². The van der Waals surface area contributed by atoms with Gasteiger partial charge in [0.05, 0.1) is 11.8 Å². The third kappa shape index (κ3) is 2.34. The van der Waals surface area contributed by atoms with Gasteiger partial charge in [-0.1, -0.05) is 6.92 Å². The maximum Gasteiger partial charge on any atom is 0.0962 e. The predicted octanol–water partition coefficient (Wildman–Crippen LogP) is 2.92. The van der Waals surface area contributed by atoms with Crippen LogP contribution >= 0.6 is 15.9 Å². The second-order valence-electron chi connectivity index (χ2n) is 4.13. The number of nitrogens with zero attached hydrogens (tertiary/aromatic N) is 1. The minimum Gasteiger partial charge on any atom is -0.387 e. The Morgan fingerprint density at radius 3 is 2.86 bits per heavy atom. The lowest BCUT2D eigenvalue weighted by Gasteiger charge is -2.08. The Kier molecular flexibility index (Phi) is 2.88. The molecule has 0 aliphatic heterocycles. The first-order chi connectivity index (χ1) is 6.66. The lowest BCUT2D eigenvalue weighted by Crippen LogP contribution is -2.01. The summed E-state index contributed by atoms with van der Waals surface area (Å²) < 4.78 is 0.952. The van der Waals surface area contributed by atoms with Gasteiger partial charge < -0.3 is 5.11 Å². The van der Waals surface area contributed by atoms with Gasteiger partial charge in [0, 0.05) is 10.7 Å². The molecule has 2 nitrogen and oxygen atoms in total. The number of hydrogen-bond donors (Lipinski definition) is 1. The molecule has 0 radical (unpaired) electrons. The molecule has 3 atom stereocenters. The molecule has 1 heterocycles. The van der Waals surface area contributed by atoms with Crippen LogP contribution in [0.5, 0.6) is 0 Å². The smallest absolute Gasteiger partial charge is 0.0962 e. The molecule has 1 aliphatic rings. The van der Waals surface area contributed by atoms with Crippen LogP contribution < -0.4 is 0 Å². The van der Waals surface area contributed by atoms with E-state index in [1.54, 1.807) is 6.20 Å². The number of hydrogen-bond acceptors (Lipinski definition) is 2. The molecule has 3 heteroatoms. The summed E-state index contributed by atoms with van der Waals surface area (Å²) in [5.41, 5.74) is 0.785. The van der Waals surface area contributed by atoms with E-state index < -0.39 is 6.10 Å². The van der Waals surface area contributed by atoms with Gasteiger partial charge in [-0.3, -0.25) is 4.98 Å². The molecule has 76 valence electrons. The molecule has 3 unspecified atom stereocenters. The highest BCUT2D eigenvalue weighted by atomic mass is 79.9. The van der Waals surface area contributed by atoms with Crippen LogP contribution in [0.15, 0.2) is 22.8 Å². The summed E-state index contributed by atoms with van der Waals surface area (Å²) in [6, 6.07) is 3.80. The van der Waals surface area contributed by atoms with Crippen LogP contribution in [-0.2, 0) is 0 Å². The minimum atomic E-state index is -0.391. The van der Waals surface area contributed by atoms with Crippen molar-refractivity contribution in [2.75, 3.05) is 0 Å². The first-order valence-corrected chi connectivity index (χ1v) is 5.75. The van der Waals surface area contributed by atoms with Crippen LogP contribution in [0.4, 0.5) is 0 Å². The lowest BCUT2D eigenvalue weighted by molar-refractivity contribution is 0.154. The average Bonchev–Trinajstić information content (AvgIpc) is 2.82. The van der Waals surface area contributed by atoms with Gasteiger partial charge in [0.15, 0.2) is 0 Å². The maximum atomic E-state index is 9.86. The Morgan fingerprint density at radius 1 is 1.64 bits per heavy atom. The third-order valence-electron chi connectivity index (χ3n) is 2.89. The standard InChI is InChI=1S/C11H14BrNO/c1-7-4-8(7)5-11(14)10-3-2-9(12)6-13-10/h2-3,6-8,11,14H,4-5H2,1H3. The van der Waals surface area contributed by atoms with Crippen LogP contribution in [0.2, 0.25) is 0 Å². The van der Waals surface area contributed by atoms with Crippen molar-refractivity contribution >= 4 is 15.9 Å². The van der Waals surface area contributed by atoms with Crippen LogP contribution in [0.1, 0.15) is 31.6 Å². The van der Waals surface area contributed by atoms with Crippen molar-refractivity contribution in [1.82, 2.24) is 4.98 Å². The second-order valence-corrected chi connectivity index (χ2v) is 5.04. The highest BCUT2D eigenvalue weighted by Crippen LogP contribution is 2.43. The quantitative estimate of drug-likeness (QED) is 0.901. The van der Waals surface area contributed by atoms with Gasteiger partial charge in [-0.15, -0.1) is 0 Å². The molecule has 14 heavy (non-hydrogen) atoms. The molecule has 2 rings (SSSR count). The average molecular weight is 256 g/mol. The monoisotopic (exact) mass is 255 g/mol. The molecule has 0 amide bonds. The molecule has 1 fully saturated rings. The number of pyridine rings is 1. The first kappa shape index (κ1) is 10.1. The molecule has 0 aromatic carbocycles. The van der Waals surface area contributed by atoms with Crippen LogP contribution in [0.25, 0.3) is 0 Å². The fraction of sp³-hybridized carbons (Fsp3) is 0.545. The zero-order valence-corrected chi connectivity index (χ0v) is 9.74. The zero-order valence-electron chi connectivity index (χ0n) is 8.15. The number of halogens is 1. The van der Waals surface area contributed by atoms with E-state index in [-0.39, 0.29) is 0 Å². The SMILES string of the molecule is CC1CC1CC(O)c1ccc(Br)cn1. The zero-order chi connectivity index (χ0) is 10.1. The summed E-state index contributed by atoms with van der Waals surface area (Å²) in [6.07, 6.45) is 3.45. The van der Waals surface area contributed by atoms with Crippen LogP contribution in [-0.4, -0.2) is 10.1 Å². The Labute approximate surface area is 92.5 Å². The summed E-state index contributed by atoms with van der Waals surface area (Å²) in [6.45, 7) is 2.23. The number of aliphatic hydroxyl groups is 1. The van der Waals surface area contributed by atoms with E-state index in [2.05, 4.69) is 27.8 Å². The van der Waals surface area contributed by atoms with Gasteiger partial charge in [-0.2, -0.15) is 0 Å². The molecular formula is C11H14BrNO. The van der Waals surface area contributed by atoms with E-state index in [0.29, 0.717) is 5.92 Å². The van der Waals surface area contributed by atoms with E-state index in [4.69, 9.17) is 0 Å². The number of rotatable bonds is 3. The summed E-state index contributed by atoms with van der Waals surface area (Å²) in [4.78, 5) is 4.19.